The summed E-state index contributed by atoms with van der Waals surface area (Å²) in [6, 6.07) is 5.59. The first kappa shape index (κ1) is 15.6. The number of carbonyl (C=O) groups excluding carboxylic acids is 1. The molecule has 1 fully saturated rings. The van der Waals surface area contributed by atoms with Crippen LogP contribution in [0.5, 0.6) is 0 Å². The lowest BCUT2D eigenvalue weighted by Crippen LogP contribution is -2.42. The Morgan fingerprint density at radius 3 is 2.86 bits per heavy atom. The number of nitrogens with zero attached hydrogens (tertiary/aromatic N) is 1. The van der Waals surface area contributed by atoms with Crippen LogP contribution in [-0.4, -0.2) is 56.9 Å². The maximum atomic E-state index is 11.6. The number of hydrogen-bond donors (Lipinski definition) is 2. The van der Waals surface area contributed by atoms with Gasteiger partial charge in [0, 0.05) is 37.1 Å². The smallest absolute Gasteiger partial charge is 0.340 e. The second-order valence-electron chi connectivity index (χ2n) is 5.25. The minimum atomic E-state index is -0.419. The highest BCUT2D eigenvalue weighted by molar-refractivity contribution is 5.96. The lowest BCUT2D eigenvalue weighted by Gasteiger charge is -2.29. The number of methoxy groups -OCH3 is 1. The van der Waals surface area contributed by atoms with Crippen molar-refractivity contribution in [3.8, 4) is 0 Å². The third kappa shape index (κ3) is 4.34. The second kappa shape index (κ2) is 7.28. The zero-order valence-electron chi connectivity index (χ0n) is 12.6. The number of hydrogen-bond acceptors (Lipinski definition) is 6. The van der Waals surface area contributed by atoms with Gasteiger partial charge >= 0.3 is 5.97 Å². The molecular formula is C15H23N3O3. The molecule has 116 valence electrons. The predicted octanol–water partition coefficient (Wildman–Crippen LogP) is 1.19. The Kier molecular flexibility index (Phi) is 5.41. The first-order valence-corrected chi connectivity index (χ1v) is 7.14. The Morgan fingerprint density at radius 1 is 1.48 bits per heavy atom. The minimum Gasteiger partial charge on any atom is -0.465 e. The van der Waals surface area contributed by atoms with E-state index < -0.39 is 5.97 Å². The standard InChI is InChI=1S/C15H23N3O3/c1-11(10-18-5-7-21-8-6-18)17-12-3-4-14(16)13(9-12)15(19)20-2/h3-4,9,11,17H,5-8,10,16H2,1-2H3. The third-order valence-corrected chi connectivity index (χ3v) is 3.51. The van der Waals surface area contributed by atoms with E-state index in [1.807, 2.05) is 6.07 Å². The lowest BCUT2D eigenvalue weighted by atomic mass is 10.1. The quantitative estimate of drug-likeness (QED) is 0.627. The molecule has 1 aliphatic rings. The van der Waals surface area contributed by atoms with Crippen LogP contribution in [0.1, 0.15) is 17.3 Å². The first-order chi connectivity index (χ1) is 10.1. The number of morpholine rings is 1. The van der Waals surface area contributed by atoms with Crippen molar-refractivity contribution in [3.05, 3.63) is 23.8 Å². The van der Waals surface area contributed by atoms with Gasteiger partial charge in [-0.05, 0) is 25.1 Å². The zero-order valence-corrected chi connectivity index (χ0v) is 12.6. The molecule has 2 rings (SSSR count). The number of nitrogen functional groups attached to an aromatic ring is 1. The van der Waals surface area contributed by atoms with Crippen LogP contribution in [0.25, 0.3) is 0 Å². The van der Waals surface area contributed by atoms with Gasteiger partial charge in [-0.2, -0.15) is 0 Å². The molecule has 0 spiro atoms. The van der Waals surface area contributed by atoms with Gasteiger partial charge in [-0.25, -0.2) is 4.79 Å². The average molecular weight is 293 g/mol. The molecule has 1 saturated heterocycles. The molecule has 1 aliphatic heterocycles. The molecule has 1 aromatic carbocycles. The van der Waals surface area contributed by atoms with Crippen molar-refractivity contribution >= 4 is 17.3 Å². The van der Waals surface area contributed by atoms with E-state index in [0.29, 0.717) is 11.3 Å². The number of esters is 1. The molecule has 0 saturated carbocycles. The van der Waals surface area contributed by atoms with Crippen molar-refractivity contribution in [2.45, 2.75) is 13.0 Å². The Balaban J connectivity index is 1.96. The van der Waals surface area contributed by atoms with Crippen LogP contribution in [0, 0.1) is 0 Å². The van der Waals surface area contributed by atoms with Crippen LogP contribution < -0.4 is 11.1 Å². The SMILES string of the molecule is COC(=O)c1cc(NC(C)CN2CCOCC2)ccc1N. The van der Waals surface area contributed by atoms with E-state index >= 15 is 0 Å². The molecule has 1 aromatic rings. The molecule has 1 unspecified atom stereocenters. The molecule has 6 heteroatoms. The molecule has 0 aliphatic carbocycles. The molecule has 0 bridgehead atoms. The van der Waals surface area contributed by atoms with Crippen LogP contribution in [0.15, 0.2) is 18.2 Å². The Hall–Kier alpha value is -1.79. The summed E-state index contributed by atoms with van der Waals surface area (Å²) in [6.07, 6.45) is 0. The molecule has 6 nitrogen and oxygen atoms in total. The van der Waals surface area contributed by atoms with Crippen LogP contribution >= 0.6 is 0 Å². The van der Waals surface area contributed by atoms with Gasteiger partial charge in [-0.3, -0.25) is 4.90 Å². The number of anilines is 2. The number of nitrogens with one attached hydrogen (secondary N) is 1. The van der Waals surface area contributed by atoms with Gasteiger partial charge < -0.3 is 20.5 Å². The number of ether oxygens (including phenoxy) is 2. The predicted molar refractivity (Wildman–Crippen MR) is 82.5 cm³/mol. The van der Waals surface area contributed by atoms with Crippen molar-refractivity contribution in [2.75, 3.05) is 51.0 Å². The summed E-state index contributed by atoms with van der Waals surface area (Å²) >= 11 is 0. The largest absolute Gasteiger partial charge is 0.465 e. The monoisotopic (exact) mass is 293 g/mol. The summed E-state index contributed by atoms with van der Waals surface area (Å²) in [6.45, 7) is 6.55. The fraction of sp³-hybridized carbons (Fsp3) is 0.533. The summed E-state index contributed by atoms with van der Waals surface area (Å²) in [7, 11) is 1.35. The van der Waals surface area contributed by atoms with Crippen LogP contribution in [0.3, 0.4) is 0 Å². The fourth-order valence-corrected chi connectivity index (χ4v) is 2.43. The summed E-state index contributed by atoms with van der Waals surface area (Å²) < 4.78 is 10.1. The van der Waals surface area contributed by atoms with Gasteiger partial charge in [-0.15, -0.1) is 0 Å². The molecular weight excluding hydrogens is 270 g/mol. The van der Waals surface area contributed by atoms with Crippen LogP contribution in [0.2, 0.25) is 0 Å². The maximum Gasteiger partial charge on any atom is 0.340 e. The fourth-order valence-electron chi connectivity index (χ4n) is 2.43. The summed E-state index contributed by atoms with van der Waals surface area (Å²) in [4.78, 5) is 14.0. The van der Waals surface area contributed by atoms with E-state index in [4.69, 9.17) is 15.2 Å². The highest BCUT2D eigenvalue weighted by atomic mass is 16.5. The molecule has 3 N–H and O–H groups in total. The van der Waals surface area contributed by atoms with Gasteiger partial charge in [0.1, 0.15) is 0 Å². The Bertz CT molecular complexity index is 487. The first-order valence-electron chi connectivity index (χ1n) is 7.14. The maximum absolute atomic E-state index is 11.6. The molecule has 0 aromatic heterocycles. The topological polar surface area (TPSA) is 76.8 Å². The van der Waals surface area contributed by atoms with Crippen LogP contribution in [-0.2, 0) is 9.47 Å². The van der Waals surface area contributed by atoms with Gasteiger partial charge in [0.15, 0.2) is 0 Å². The van der Waals surface area contributed by atoms with Gasteiger partial charge in [0.05, 0.1) is 25.9 Å². The van der Waals surface area contributed by atoms with Gasteiger partial charge in [0.2, 0.25) is 0 Å². The van der Waals surface area contributed by atoms with Crippen molar-refractivity contribution in [1.82, 2.24) is 4.90 Å². The van der Waals surface area contributed by atoms with Gasteiger partial charge in [0.25, 0.3) is 0 Å². The highest BCUT2D eigenvalue weighted by Crippen LogP contribution is 2.19. The highest BCUT2D eigenvalue weighted by Gasteiger charge is 2.15. The average Bonchev–Trinajstić information content (AvgIpc) is 2.49. The summed E-state index contributed by atoms with van der Waals surface area (Å²) in [5.74, 6) is -0.419. The second-order valence-corrected chi connectivity index (χ2v) is 5.25. The van der Waals surface area contributed by atoms with Gasteiger partial charge in [-0.1, -0.05) is 0 Å². The third-order valence-electron chi connectivity index (χ3n) is 3.51. The summed E-state index contributed by atoms with van der Waals surface area (Å²) in [5.41, 5.74) is 7.48. The van der Waals surface area contributed by atoms with Crippen molar-refractivity contribution in [1.29, 1.82) is 0 Å². The van der Waals surface area contributed by atoms with E-state index in [2.05, 4.69) is 17.1 Å². The Labute approximate surface area is 125 Å². The molecule has 1 atom stereocenters. The minimum absolute atomic E-state index is 0.261. The van der Waals surface area contributed by atoms with Crippen molar-refractivity contribution < 1.29 is 14.3 Å². The van der Waals surface area contributed by atoms with Crippen LogP contribution in [0.4, 0.5) is 11.4 Å². The van der Waals surface area contributed by atoms with E-state index in [0.717, 1.165) is 38.5 Å². The molecule has 21 heavy (non-hydrogen) atoms. The lowest BCUT2D eigenvalue weighted by molar-refractivity contribution is 0.0368. The zero-order chi connectivity index (χ0) is 15.2. The number of carbonyl (C=O) groups is 1. The van der Waals surface area contributed by atoms with Crippen molar-refractivity contribution in [2.24, 2.45) is 0 Å². The number of nitrogens with two attached hydrogens (primary N) is 1. The van der Waals surface area contributed by atoms with E-state index in [1.165, 1.54) is 7.11 Å². The summed E-state index contributed by atoms with van der Waals surface area (Å²) in [5, 5.41) is 3.39. The Morgan fingerprint density at radius 2 is 2.19 bits per heavy atom. The van der Waals surface area contributed by atoms with E-state index in [-0.39, 0.29) is 6.04 Å². The van der Waals surface area contributed by atoms with Crippen molar-refractivity contribution in [3.63, 3.8) is 0 Å². The van der Waals surface area contributed by atoms with E-state index in [9.17, 15) is 4.79 Å². The number of benzene rings is 1. The number of rotatable bonds is 5. The molecule has 0 radical (unpaired) electrons. The molecule has 1 heterocycles. The normalized spacial score (nSPS) is 17.2. The molecule has 0 amide bonds. The van der Waals surface area contributed by atoms with E-state index in [1.54, 1.807) is 12.1 Å².